The van der Waals surface area contributed by atoms with Crippen LogP contribution in [0, 0.1) is 11.8 Å². The number of sulfone groups is 1. The van der Waals surface area contributed by atoms with Gasteiger partial charge in [-0.05, 0) is 56.9 Å². The van der Waals surface area contributed by atoms with E-state index in [0.717, 1.165) is 32.2 Å². The van der Waals surface area contributed by atoms with E-state index in [1.165, 1.54) is 0 Å². The molecule has 0 radical (unpaired) electrons. The van der Waals surface area contributed by atoms with Gasteiger partial charge >= 0.3 is 0 Å². The van der Waals surface area contributed by atoms with Gasteiger partial charge in [0.1, 0.15) is 9.84 Å². The lowest BCUT2D eigenvalue weighted by Gasteiger charge is -2.28. The minimum Gasteiger partial charge on any atom is -0.353 e. The highest BCUT2D eigenvalue weighted by Gasteiger charge is 2.26. The van der Waals surface area contributed by atoms with Gasteiger partial charge in [-0.25, -0.2) is 8.42 Å². The van der Waals surface area contributed by atoms with E-state index >= 15 is 0 Å². The molecule has 1 heterocycles. The zero-order valence-electron chi connectivity index (χ0n) is 12.0. The largest absolute Gasteiger partial charge is 0.353 e. The number of hydrogen-bond donors (Lipinski definition) is 2. The highest BCUT2D eigenvalue weighted by molar-refractivity contribution is 7.91. The Hall–Kier alpha value is -0.620. The van der Waals surface area contributed by atoms with Crippen LogP contribution in [-0.2, 0) is 14.6 Å². The topological polar surface area (TPSA) is 89.3 Å². The first-order valence-corrected chi connectivity index (χ1v) is 9.50. The van der Waals surface area contributed by atoms with Gasteiger partial charge in [0.25, 0.3) is 0 Å². The SMILES string of the molecule is NCC1CCC(CC(=O)NC2CCS(=O)(=O)CC2)CC1. The Morgan fingerprint density at radius 1 is 1.00 bits per heavy atom. The normalized spacial score (nSPS) is 30.9. The van der Waals surface area contributed by atoms with Crippen molar-refractivity contribution in [1.82, 2.24) is 5.32 Å². The van der Waals surface area contributed by atoms with Crippen LogP contribution in [0.4, 0.5) is 0 Å². The lowest BCUT2D eigenvalue weighted by Crippen LogP contribution is -2.41. The van der Waals surface area contributed by atoms with E-state index in [9.17, 15) is 13.2 Å². The minimum absolute atomic E-state index is 0.0476. The molecule has 0 spiro atoms. The van der Waals surface area contributed by atoms with Crippen LogP contribution in [0.15, 0.2) is 0 Å². The second-order valence-electron chi connectivity index (χ2n) is 6.32. The Morgan fingerprint density at radius 3 is 2.10 bits per heavy atom. The predicted molar refractivity (Wildman–Crippen MR) is 78.9 cm³/mol. The number of carbonyl (C=O) groups excluding carboxylic acids is 1. The van der Waals surface area contributed by atoms with E-state index in [1.54, 1.807) is 0 Å². The van der Waals surface area contributed by atoms with Crippen molar-refractivity contribution in [3.8, 4) is 0 Å². The number of hydrogen-bond acceptors (Lipinski definition) is 4. The maximum absolute atomic E-state index is 12.0. The second-order valence-corrected chi connectivity index (χ2v) is 8.62. The van der Waals surface area contributed by atoms with Crippen LogP contribution in [0.25, 0.3) is 0 Å². The number of nitrogens with two attached hydrogens (primary N) is 1. The molecule has 3 N–H and O–H groups in total. The van der Waals surface area contributed by atoms with Crippen molar-refractivity contribution in [3.05, 3.63) is 0 Å². The molecule has 5 nitrogen and oxygen atoms in total. The van der Waals surface area contributed by atoms with Gasteiger partial charge in [-0.2, -0.15) is 0 Å². The van der Waals surface area contributed by atoms with Crippen LogP contribution in [0.5, 0.6) is 0 Å². The molecule has 20 heavy (non-hydrogen) atoms. The fraction of sp³-hybridized carbons (Fsp3) is 0.929. The fourth-order valence-electron chi connectivity index (χ4n) is 3.25. The summed E-state index contributed by atoms with van der Waals surface area (Å²) >= 11 is 0. The second kappa shape index (κ2) is 6.89. The van der Waals surface area contributed by atoms with Gasteiger partial charge in [-0.15, -0.1) is 0 Å². The van der Waals surface area contributed by atoms with E-state index in [1.807, 2.05) is 0 Å². The maximum Gasteiger partial charge on any atom is 0.220 e. The lowest BCUT2D eigenvalue weighted by atomic mass is 9.80. The third-order valence-electron chi connectivity index (χ3n) is 4.69. The molecule has 1 saturated carbocycles. The van der Waals surface area contributed by atoms with E-state index < -0.39 is 9.84 Å². The van der Waals surface area contributed by atoms with Crippen molar-refractivity contribution in [3.63, 3.8) is 0 Å². The Kier molecular flexibility index (Phi) is 5.43. The molecule has 0 aromatic rings. The third kappa shape index (κ3) is 4.74. The summed E-state index contributed by atoms with van der Waals surface area (Å²) in [6.07, 6.45) is 6.16. The molecule has 0 bridgehead atoms. The van der Waals surface area contributed by atoms with Crippen molar-refractivity contribution < 1.29 is 13.2 Å². The molecule has 116 valence electrons. The highest BCUT2D eigenvalue weighted by Crippen LogP contribution is 2.30. The summed E-state index contributed by atoms with van der Waals surface area (Å²) < 4.78 is 22.7. The summed E-state index contributed by atoms with van der Waals surface area (Å²) in [6, 6.07) is 0.0476. The van der Waals surface area contributed by atoms with Crippen molar-refractivity contribution >= 4 is 15.7 Å². The average molecular weight is 302 g/mol. The molecule has 1 aliphatic carbocycles. The first-order valence-electron chi connectivity index (χ1n) is 7.68. The maximum atomic E-state index is 12.0. The summed E-state index contributed by atoms with van der Waals surface area (Å²) in [4.78, 5) is 12.0. The van der Waals surface area contributed by atoms with Crippen LogP contribution in [0.2, 0.25) is 0 Å². The van der Waals surface area contributed by atoms with Gasteiger partial charge in [-0.1, -0.05) is 0 Å². The summed E-state index contributed by atoms with van der Waals surface area (Å²) in [7, 11) is -2.85. The monoisotopic (exact) mass is 302 g/mol. The van der Waals surface area contributed by atoms with Crippen LogP contribution < -0.4 is 11.1 Å². The van der Waals surface area contributed by atoms with Crippen molar-refractivity contribution in [2.45, 2.75) is 51.0 Å². The van der Waals surface area contributed by atoms with Gasteiger partial charge in [0.15, 0.2) is 0 Å². The van der Waals surface area contributed by atoms with Crippen molar-refractivity contribution in [2.75, 3.05) is 18.1 Å². The first kappa shape index (κ1) is 15.8. The van der Waals surface area contributed by atoms with Crippen molar-refractivity contribution in [2.24, 2.45) is 17.6 Å². The lowest BCUT2D eigenvalue weighted by molar-refractivity contribution is -0.123. The van der Waals surface area contributed by atoms with Crippen LogP contribution in [0.3, 0.4) is 0 Å². The molecular formula is C14H26N2O3S. The Labute approximate surface area is 121 Å². The van der Waals surface area contributed by atoms with Gasteiger partial charge in [0, 0.05) is 12.5 Å². The number of amides is 1. The van der Waals surface area contributed by atoms with Crippen LogP contribution in [0.1, 0.15) is 44.9 Å². The Balaban J connectivity index is 1.68. The summed E-state index contributed by atoms with van der Waals surface area (Å²) in [5, 5.41) is 3.00. The van der Waals surface area contributed by atoms with E-state index in [4.69, 9.17) is 5.73 Å². The Bertz CT molecular complexity index is 414. The number of rotatable bonds is 4. The van der Waals surface area contributed by atoms with E-state index in [0.29, 0.717) is 31.1 Å². The summed E-state index contributed by atoms with van der Waals surface area (Å²) in [5.74, 6) is 1.62. The molecule has 2 fully saturated rings. The molecule has 2 aliphatic rings. The number of carbonyl (C=O) groups is 1. The molecule has 1 saturated heterocycles. The van der Waals surface area contributed by atoms with Gasteiger partial charge < -0.3 is 11.1 Å². The predicted octanol–water partition coefficient (Wildman–Crippen LogP) is 0.835. The molecule has 6 heteroatoms. The third-order valence-corrected chi connectivity index (χ3v) is 6.41. The minimum atomic E-state index is -2.85. The van der Waals surface area contributed by atoms with Gasteiger partial charge in [0.2, 0.25) is 5.91 Å². The first-order chi connectivity index (χ1) is 9.48. The smallest absolute Gasteiger partial charge is 0.220 e. The van der Waals surface area contributed by atoms with Crippen molar-refractivity contribution in [1.29, 1.82) is 0 Å². The molecule has 0 aromatic carbocycles. The van der Waals surface area contributed by atoms with Gasteiger partial charge in [0.05, 0.1) is 11.5 Å². The standard InChI is InChI=1S/C14H26N2O3S/c15-10-12-3-1-11(2-4-12)9-14(17)16-13-5-7-20(18,19)8-6-13/h11-13H,1-10,15H2,(H,16,17). The summed E-state index contributed by atoms with van der Waals surface area (Å²) in [6.45, 7) is 0.759. The number of nitrogens with one attached hydrogen (secondary N) is 1. The molecule has 1 aliphatic heterocycles. The van der Waals surface area contributed by atoms with Crippen LogP contribution >= 0.6 is 0 Å². The molecular weight excluding hydrogens is 276 g/mol. The Morgan fingerprint density at radius 2 is 1.55 bits per heavy atom. The fourth-order valence-corrected chi connectivity index (χ4v) is 4.75. The molecule has 1 amide bonds. The van der Waals surface area contributed by atoms with Crippen LogP contribution in [-0.4, -0.2) is 38.4 Å². The summed E-state index contributed by atoms with van der Waals surface area (Å²) in [5.41, 5.74) is 5.67. The molecule has 0 aromatic heterocycles. The zero-order valence-corrected chi connectivity index (χ0v) is 12.8. The quantitative estimate of drug-likeness (QED) is 0.805. The highest BCUT2D eigenvalue weighted by atomic mass is 32.2. The average Bonchev–Trinajstić information content (AvgIpc) is 2.42. The van der Waals surface area contributed by atoms with E-state index in [-0.39, 0.29) is 23.5 Å². The molecule has 2 rings (SSSR count). The molecule has 0 atom stereocenters. The molecule has 0 unspecified atom stereocenters. The van der Waals surface area contributed by atoms with E-state index in [2.05, 4.69) is 5.32 Å². The van der Waals surface area contributed by atoms with Gasteiger partial charge in [-0.3, -0.25) is 4.79 Å². The zero-order chi connectivity index (χ0) is 14.6.